The number of carbonyl (C=O) groups is 2. The molecule has 0 saturated heterocycles. The summed E-state index contributed by atoms with van der Waals surface area (Å²) in [5.41, 5.74) is 3.69. The smallest absolute Gasteiger partial charge is 0.264 e. The minimum atomic E-state index is -0.118. The molecule has 0 fully saturated rings. The van der Waals surface area contributed by atoms with Gasteiger partial charge in [0.1, 0.15) is 6.54 Å². The van der Waals surface area contributed by atoms with E-state index in [1.807, 2.05) is 36.3 Å². The van der Waals surface area contributed by atoms with Gasteiger partial charge in [0.15, 0.2) is 0 Å². The van der Waals surface area contributed by atoms with Gasteiger partial charge < -0.3 is 9.80 Å². The van der Waals surface area contributed by atoms with Crippen LogP contribution in [0.5, 0.6) is 0 Å². The fraction of sp³-hybridized carbons (Fsp3) is 0.407. The van der Waals surface area contributed by atoms with Crippen LogP contribution in [0.3, 0.4) is 0 Å². The number of fused-ring (bicyclic) bond motifs is 1. The topological polar surface area (TPSA) is 40.6 Å². The monoisotopic (exact) mass is 480 g/mol. The second kappa shape index (κ2) is 9.43. The van der Waals surface area contributed by atoms with Crippen LogP contribution >= 0.6 is 22.7 Å². The molecule has 4 nitrogen and oxygen atoms in total. The van der Waals surface area contributed by atoms with Gasteiger partial charge in [0, 0.05) is 17.5 Å². The zero-order chi connectivity index (χ0) is 23.8. The number of hydrogen-bond donors (Lipinski definition) is 0. The van der Waals surface area contributed by atoms with Gasteiger partial charge in [-0.3, -0.25) is 9.59 Å². The second-order valence-corrected chi connectivity index (χ2v) is 11.9. The number of benzene rings is 1. The summed E-state index contributed by atoms with van der Waals surface area (Å²) in [6, 6.07) is 14.4. The van der Waals surface area contributed by atoms with Crippen LogP contribution in [-0.2, 0) is 16.6 Å². The fourth-order valence-electron chi connectivity index (χ4n) is 4.38. The van der Waals surface area contributed by atoms with E-state index in [0.29, 0.717) is 11.4 Å². The van der Waals surface area contributed by atoms with Crippen molar-refractivity contribution in [3.63, 3.8) is 0 Å². The van der Waals surface area contributed by atoms with E-state index in [0.717, 1.165) is 12.0 Å². The van der Waals surface area contributed by atoms with E-state index in [4.69, 9.17) is 0 Å². The lowest BCUT2D eigenvalue weighted by atomic mass is 9.85. The number of thiophene rings is 2. The molecule has 0 radical (unpaired) electrons. The summed E-state index contributed by atoms with van der Waals surface area (Å²) in [6.07, 6.45) is 0.857. The highest BCUT2D eigenvalue weighted by Gasteiger charge is 2.34. The average Bonchev–Trinajstić information content (AvgIpc) is 3.47. The molecule has 2 aromatic heterocycles. The van der Waals surface area contributed by atoms with E-state index in [1.54, 1.807) is 16.2 Å². The quantitative estimate of drug-likeness (QED) is 0.441. The molecule has 1 aliphatic heterocycles. The number of carbonyl (C=O) groups excluding carboxylic acids is 2. The Morgan fingerprint density at radius 1 is 1.06 bits per heavy atom. The Hall–Kier alpha value is -2.44. The molecule has 1 aliphatic rings. The first-order valence-electron chi connectivity index (χ1n) is 11.5. The van der Waals surface area contributed by atoms with Gasteiger partial charge in [-0.15, -0.1) is 22.7 Å². The van der Waals surface area contributed by atoms with Gasteiger partial charge in [-0.05, 0) is 65.3 Å². The molecule has 3 heterocycles. The van der Waals surface area contributed by atoms with E-state index in [2.05, 4.69) is 56.5 Å². The molecule has 4 rings (SSSR count). The summed E-state index contributed by atoms with van der Waals surface area (Å²) < 4.78 is 0. The highest BCUT2D eigenvalue weighted by molar-refractivity contribution is 7.12. The molecule has 6 heteroatoms. The Bertz CT molecular complexity index is 1110. The van der Waals surface area contributed by atoms with Crippen molar-refractivity contribution < 1.29 is 9.59 Å². The Kier molecular flexibility index (Phi) is 6.78. The minimum Gasteiger partial charge on any atom is -0.330 e. The van der Waals surface area contributed by atoms with Crippen LogP contribution in [-0.4, -0.2) is 40.7 Å². The number of hydrogen-bond acceptors (Lipinski definition) is 4. The Morgan fingerprint density at radius 2 is 1.79 bits per heavy atom. The van der Waals surface area contributed by atoms with E-state index in [9.17, 15) is 9.59 Å². The third-order valence-electron chi connectivity index (χ3n) is 6.30. The van der Waals surface area contributed by atoms with Crippen LogP contribution in [0.25, 0.3) is 0 Å². The molecule has 1 aromatic carbocycles. The molecule has 174 valence electrons. The number of rotatable bonds is 5. The molecule has 2 amide bonds. The molecule has 1 atom stereocenters. The van der Waals surface area contributed by atoms with E-state index < -0.39 is 0 Å². The van der Waals surface area contributed by atoms with Crippen molar-refractivity contribution in [2.45, 2.75) is 58.5 Å². The SMILES string of the molecule is CC(C)N(CC(=O)N1CCc2sccc2C1c1ccc(C(C)(C)C)cc1)C(=O)c1cccs1. The van der Waals surface area contributed by atoms with Crippen molar-refractivity contribution in [3.05, 3.63) is 79.7 Å². The van der Waals surface area contributed by atoms with Gasteiger partial charge in [0.2, 0.25) is 5.91 Å². The van der Waals surface area contributed by atoms with Crippen molar-refractivity contribution in [2.75, 3.05) is 13.1 Å². The predicted molar refractivity (Wildman–Crippen MR) is 137 cm³/mol. The summed E-state index contributed by atoms with van der Waals surface area (Å²) in [5, 5.41) is 4.02. The third-order valence-corrected chi connectivity index (χ3v) is 8.15. The van der Waals surface area contributed by atoms with Gasteiger partial charge in [-0.25, -0.2) is 0 Å². The third kappa shape index (κ3) is 4.92. The zero-order valence-electron chi connectivity index (χ0n) is 20.0. The summed E-state index contributed by atoms with van der Waals surface area (Å²) in [5.74, 6) is -0.0805. The lowest BCUT2D eigenvalue weighted by molar-refractivity contribution is -0.134. The maximum absolute atomic E-state index is 13.7. The van der Waals surface area contributed by atoms with Crippen molar-refractivity contribution in [1.29, 1.82) is 0 Å². The van der Waals surface area contributed by atoms with Crippen LogP contribution in [0, 0.1) is 0 Å². The molecule has 3 aromatic rings. The molecule has 0 N–H and O–H groups in total. The molecule has 33 heavy (non-hydrogen) atoms. The van der Waals surface area contributed by atoms with Crippen molar-refractivity contribution in [1.82, 2.24) is 9.80 Å². The molecular weight excluding hydrogens is 448 g/mol. The molecule has 0 aliphatic carbocycles. The van der Waals surface area contributed by atoms with Gasteiger partial charge >= 0.3 is 0 Å². The predicted octanol–water partition coefficient (Wildman–Crippen LogP) is 6.13. The molecule has 0 spiro atoms. The summed E-state index contributed by atoms with van der Waals surface area (Å²) in [6.45, 7) is 11.3. The first-order chi connectivity index (χ1) is 15.7. The Labute approximate surface area is 204 Å². The minimum absolute atomic E-state index is 0.00430. The lowest BCUT2D eigenvalue weighted by Crippen LogP contribution is -2.48. The molecular formula is C27H32N2O2S2. The zero-order valence-corrected chi connectivity index (χ0v) is 21.6. The van der Waals surface area contributed by atoms with Crippen LogP contribution in [0.4, 0.5) is 0 Å². The summed E-state index contributed by atoms with van der Waals surface area (Å²) in [4.78, 5) is 32.4. The normalized spacial score (nSPS) is 16.1. The van der Waals surface area contributed by atoms with Crippen molar-refractivity contribution in [2.24, 2.45) is 0 Å². The maximum atomic E-state index is 13.7. The summed E-state index contributed by atoms with van der Waals surface area (Å²) >= 11 is 3.18. The van der Waals surface area contributed by atoms with Gasteiger partial charge in [-0.1, -0.05) is 51.1 Å². The van der Waals surface area contributed by atoms with Gasteiger partial charge in [-0.2, -0.15) is 0 Å². The van der Waals surface area contributed by atoms with E-state index in [1.165, 1.54) is 27.3 Å². The average molecular weight is 481 g/mol. The van der Waals surface area contributed by atoms with Crippen molar-refractivity contribution >= 4 is 34.5 Å². The fourth-order valence-corrected chi connectivity index (χ4v) is 5.96. The van der Waals surface area contributed by atoms with Crippen LogP contribution < -0.4 is 0 Å². The standard InChI is InChI=1S/C27H32N2O2S2/c1-18(2)29(26(31)23-7-6-15-32-23)17-24(30)28-14-12-22-21(13-16-33-22)25(28)19-8-10-20(11-9-19)27(3,4)5/h6-11,13,15-16,18,25H,12,14,17H2,1-5H3. The van der Waals surface area contributed by atoms with E-state index in [-0.39, 0.29) is 35.9 Å². The highest BCUT2D eigenvalue weighted by atomic mass is 32.1. The van der Waals surface area contributed by atoms with Crippen LogP contribution in [0.2, 0.25) is 0 Å². The number of amides is 2. The van der Waals surface area contributed by atoms with Crippen molar-refractivity contribution in [3.8, 4) is 0 Å². The second-order valence-electron chi connectivity index (χ2n) is 9.91. The summed E-state index contributed by atoms with van der Waals surface area (Å²) in [7, 11) is 0. The maximum Gasteiger partial charge on any atom is 0.264 e. The first kappa shape index (κ1) is 23.7. The van der Waals surface area contributed by atoms with Crippen LogP contribution in [0.1, 0.15) is 71.9 Å². The molecule has 0 saturated carbocycles. The largest absolute Gasteiger partial charge is 0.330 e. The number of nitrogens with zero attached hydrogens (tertiary/aromatic N) is 2. The Balaban J connectivity index is 1.63. The highest BCUT2D eigenvalue weighted by Crippen LogP contribution is 2.38. The van der Waals surface area contributed by atoms with Gasteiger partial charge in [0.25, 0.3) is 5.91 Å². The first-order valence-corrected chi connectivity index (χ1v) is 13.2. The van der Waals surface area contributed by atoms with Crippen LogP contribution in [0.15, 0.2) is 53.2 Å². The van der Waals surface area contributed by atoms with E-state index >= 15 is 0 Å². The van der Waals surface area contributed by atoms with Gasteiger partial charge in [0.05, 0.1) is 10.9 Å². The Morgan fingerprint density at radius 3 is 2.39 bits per heavy atom. The molecule has 1 unspecified atom stereocenters. The molecule has 0 bridgehead atoms. The lowest BCUT2D eigenvalue weighted by Gasteiger charge is -2.38.